The number of aromatic hydroxyl groups is 1. The Morgan fingerprint density at radius 3 is 1.84 bits per heavy atom. The summed E-state index contributed by atoms with van der Waals surface area (Å²) in [6, 6.07) is 69.0. The first kappa shape index (κ1) is 40.5. The fraction of sp³-hybridized carbons (Fsp3) is 0.156. The highest BCUT2D eigenvalue weighted by Gasteiger charge is 2.25. The van der Waals surface area contributed by atoms with Gasteiger partial charge in [0.2, 0.25) is 0 Å². The van der Waals surface area contributed by atoms with Gasteiger partial charge in [0.05, 0.1) is 28.0 Å². The second kappa shape index (κ2) is 18.1. The van der Waals surface area contributed by atoms with E-state index in [1.807, 2.05) is 79.0 Å². The maximum atomic E-state index is 12.4. The second-order valence-corrected chi connectivity index (χ2v) is 19.2. The number of aromatic nitrogens is 3. The van der Waals surface area contributed by atoms with Gasteiger partial charge in [0, 0.05) is 31.2 Å². The van der Waals surface area contributed by atoms with Crippen LogP contribution in [-0.2, 0) is 11.8 Å². The zero-order valence-electron chi connectivity index (χ0n) is 40.8. The van der Waals surface area contributed by atoms with Gasteiger partial charge < -0.3 is 5.11 Å². The Morgan fingerprint density at radius 1 is 0.529 bits per heavy atom. The van der Waals surface area contributed by atoms with Crippen molar-refractivity contribution in [1.29, 1.82) is 0 Å². The van der Waals surface area contributed by atoms with E-state index >= 15 is 0 Å². The highest BCUT2D eigenvalue weighted by atomic mass is 16.3. The SMILES string of the molecule is [2H]C([2H])(c1ccc(-c2ccnc(-c3cc(-c4ccccc4)cc(-c4cccc5c4nc(-c4cccc(-c6ccccc6)c4O)n5-c4ccc(C(C)(C)C)cc4-c4ccccc4)c3)c2)cc1)C1CCCC1. The number of phenols is 1. The summed E-state index contributed by atoms with van der Waals surface area (Å²) in [4.78, 5) is 10.6. The number of para-hydroxylation sites is 2. The van der Waals surface area contributed by atoms with Gasteiger partial charge in [-0.3, -0.25) is 9.55 Å². The molecule has 10 aromatic rings. The summed E-state index contributed by atoms with van der Waals surface area (Å²) in [5, 5.41) is 12.4. The molecule has 1 aliphatic rings. The van der Waals surface area contributed by atoms with Crippen LogP contribution in [0.5, 0.6) is 5.75 Å². The molecule has 1 fully saturated rings. The summed E-state index contributed by atoms with van der Waals surface area (Å²) in [5.74, 6) is 0.864. The Bertz CT molecular complexity index is 3500. The van der Waals surface area contributed by atoms with E-state index in [9.17, 15) is 5.11 Å². The van der Waals surface area contributed by atoms with Crippen molar-refractivity contribution in [3.63, 3.8) is 0 Å². The molecule has 0 amide bonds. The average molecular weight is 884 g/mol. The minimum absolute atomic E-state index is 0.0629. The molecule has 2 aromatic heterocycles. The van der Waals surface area contributed by atoms with Crippen LogP contribution < -0.4 is 0 Å². The van der Waals surface area contributed by atoms with E-state index in [1.54, 1.807) is 0 Å². The highest BCUT2D eigenvalue weighted by Crippen LogP contribution is 2.44. The molecule has 0 spiro atoms. The second-order valence-electron chi connectivity index (χ2n) is 19.2. The van der Waals surface area contributed by atoms with Crippen molar-refractivity contribution >= 4 is 11.0 Å². The lowest BCUT2D eigenvalue weighted by atomic mass is 9.85. The number of hydrogen-bond acceptors (Lipinski definition) is 3. The molecule has 68 heavy (non-hydrogen) atoms. The smallest absolute Gasteiger partial charge is 0.149 e. The summed E-state index contributed by atoms with van der Waals surface area (Å²) in [7, 11) is 0. The Hall–Kier alpha value is -7.82. The third-order valence-electron chi connectivity index (χ3n) is 13.6. The molecule has 0 radical (unpaired) electrons. The van der Waals surface area contributed by atoms with Crippen molar-refractivity contribution in [2.75, 3.05) is 0 Å². The summed E-state index contributed by atoms with van der Waals surface area (Å²) in [6.07, 6.45) is 4.61. The molecule has 0 aliphatic heterocycles. The van der Waals surface area contributed by atoms with Crippen molar-refractivity contribution in [2.24, 2.45) is 5.92 Å². The summed E-state index contributed by atoms with van der Waals surface area (Å²) < 4.78 is 20.2. The number of benzene rings is 8. The number of pyridine rings is 1. The van der Waals surface area contributed by atoms with Crippen LogP contribution in [0.25, 0.3) is 95.0 Å². The van der Waals surface area contributed by atoms with Crippen LogP contribution in [0.4, 0.5) is 0 Å². The predicted molar refractivity (Wildman–Crippen MR) is 283 cm³/mol. The zero-order valence-corrected chi connectivity index (χ0v) is 38.8. The van der Waals surface area contributed by atoms with E-state index < -0.39 is 6.37 Å². The Balaban J connectivity index is 1.11. The van der Waals surface area contributed by atoms with Gasteiger partial charge in [-0.1, -0.05) is 192 Å². The first-order valence-corrected chi connectivity index (χ1v) is 23.9. The van der Waals surface area contributed by atoms with E-state index in [1.165, 1.54) is 5.56 Å². The van der Waals surface area contributed by atoms with Crippen LogP contribution in [-0.4, -0.2) is 19.6 Å². The van der Waals surface area contributed by atoms with E-state index in [4.69, 9.17) is 12.7 Å². The van der Waals surface area contributed by atoms with Crippen molar-refractivity contribution in [3.05, 3.63) is 218 Å². The fourth-order valence-corrected chi connectivity index (χ4v) is 9.94. The van der Waals surface area contributed by atoms with Crippen molar-refractivity contribution in [1.82, 2.24) is 14.5 Å². The number of phenolic OH excluding ortho intramolecular Hbond substituents is 1. The number of hydrogen-bond donors (Lipinski definition) is 1. The first-order valence-electron chi connectivity index (χ1n) is 24.9. The lowest BCUT2D eigenvalue weighted by Crippen LogP contribution is -2.12. The standard InChI is InChI=1S/C64H55N3O/c1-64(2,3)53-33-34-59(57(42-53)48-23-11-6-12-24-48)67-60-28-16-25-54(61(60)66-63(67)56-27-15-26-55(62(56)68)47-21-9-5-10-22-47)51-38-50(45-19-7-4-8-20-45)39-52(40-51)58-41-49(35-36-65-58)46-31-29-44(30-32-46)37-43-17-13-14-18-43/h4-12,15-16,19-36,38-43,68H,13-14,17-18,37H2,1-3H3/i37D2. The minimum Gasteiger partial charge on any atom is -0.507 e. The minimum atomic E-state index is -1.35. The first-order chi connectivity index (χ1) is 34.0. The van der Waals surface area contributed by atoms with Crippen LogP contribution in [0.2, 0.25) is 0 Å². The third-order valence-corrected chi connectivity index (χ3v) is 13.6. The molecular formula is C64H55N3O. The average Bonchev–Trinajstić information content (AvgIpc) is 4.09. The van der Waals surface area contributed by atoms with Crippen LogP contribution in [0.15, 0.2) is 206 Å². The summed E-state index contributed by atoms with van der Waals surface area (Å²) >= 11 is 0. The van der Waals surface area contributed by atoms with E-state index in [0.29, 0.717) is 11.4 Å². The van der Waals surface area contributed by atoms with E-state index in [2.05, 4.69) is 153 Å². The molecule has 4 nitrogen and oxygen atoms in total. The molecule has 1 saturated carbocycles. The summed E-state index contributed by atoms with van der Waals surface area (Å²) in [5.41, 5.74) is 16.9. The normalized spacial score (nSPS) is 13.7. The molecular weight excluding hydrogens is 827 g/mol. The Labute approximate surface area is 403 Å². The lowest BCUT2D eigenvalue weighted by Gasteiger charge is -2.23. The summed E-state index contributed by atoms with van der Waals surface area (Å²) in [6.45, 7) is 6.73. The van der Waals surface area contributed by atoms with Gasteiger partial charge in [-0.25, -0.2) is 4.98 Å². The molecule has 2 heterocycles. The molecule has 4 heteroatoms. The van der Waals surface area contributed by atoms with Gasteiger partial charge in [0.1, 0.15) is 11.6 Å². The van der Waals surface area contributed by atoms with Gasteiger partial charge in [-0.15, -0.1) is 0 Å². The van der Waals surface area contributed by atoms with Crippen LogP contribution in [0.1, 0.15) is 60.3 Å². The van der Waals surface area contributed by atoms with Crippen LogP contribution >= 0.6 is 0 Å². The Morgan fingerprint density at radius 2 is 1.13 bits per heavy atom. The third kappa shape index (κ3) is 8.43. The Kier molecular flexibility index (Phi) is 10.8. The number of nitrogens with zero attached hydrogens (tertiary/aromatic N) is 3. The molecule has 0 saturated heterocycles. The lowest BCUT2D eigenvalue weighted by molar-refractivity contribution is 0.479. The van der Waals surface area contributed by atoms with E-state index in [0.717, 1.165) is 115 Å². The van der Waals surface area contributed by atoms with Crippen molar-refractivity contribution in [3.8, 4) is 89.7 Å². The number of imidazole rings is 1. The van der Waals surface area contributed by atoms with Gasteiger partial charge in [0.25, 0.3) is 0 Å². The molecule has 1 N–H and O–H groups in total. The van der Waals surface area contributed by atoms with Gasteiger partial charge >= 0.3 is 0 Å². The molecule has 8 aromatic carbocycles. The monoisotopic (exact) mass is 883 g/mol. The highest BCUT2D eigenvalue weighted by molar-refractivity contribution is 5.99. The molecule has 11 rings (SSSR count). The van der Waals surface area contributed by atoms with Crippen molar-refractivity contribution < 1.29 is 7.85 Å². The molecule has 1 aliphatic carbocycles. The van der Waals surface area contributed by atoms with Gasteiger partial charge in [0.15, 0.2) is 0 Å². The fourth-order valence-electron chi connectivity index (χ4n) is 9.94. The van der Waals surface area contributed by atoms with Gasteiger partial charge in [-0.05, 0) is 122 Å². The molecule has 332 valence electrons. The van der Waals surface area contributed by atoms with Gasteiger partial charge in [-0.2, -0.15) is 0 Å². The molecule has 0 atom stereocenters. The number of fused-ring (bicyclic) bond motifs is 1. The molecule has 0 unspecified atom stereocenters. The van der Waals surface area contributed by atoms with Crippen LogP contribution in [0, 0.1) is 5.92 Å². The van der Waals surface area contributed by atoms with E-state index in [-0.39, 0.29) is 17.1 Å². The topological polar surface area (TPSA) is 50.9 Å². The quantitative estimate of drug-likeness (QED) is 0.149. The zero-order chi connectivity index (χ0) is 48.0. The number of rotatable bonds is 10. The maximum absolute atomic E-state index is 12.4. The van der Waals surface area contributed by atoms with Crippen LogP contribution in [0.3, 0.4) is 0 Å². The maximum Gasteiger partial charge on any atom is 0.149 e. The predicted octanol–water partition coefficient (Wildman–Crippen LogP) is 16.8. The van der Waals surface area contributed by atoms with Crippen molar-refractivity contribution in [2.45, 2.75) is 58.2 Å². The molecule has 0 bridgehead atoms. The largest absolute Gasteiger partial charge is 0.507 e.